The number of hydrogen-bond acceptors (Lipinski definition) is 7. The number of anilines is 2. The maximum absolute atomic E-state index is 12.8. The first-order valence-corrected chi connectivity index (χ1v) is 12.1. The van der Waals surface area contributed by atoms with E-state index in [4.69, 9.17) is 14.2 Å². The molecule has 4 rings (SSSR count). The van der Waals surface area contributed by atoms with Gasteiger partial charge in [-0.05, 0) is 48.4 Å². The maximum Gasteiger partial charge on any atom is 0.338 e. The smallest absolute Gasteiger partial charge is 0.338 e. The molecule has 10 nitrogen and oxygen atoms in total. The first kappa shape index (κ1) is 25.9. The Balaban J connectivity index is 1.48. The number of amides is 2. The number of carbonyl (C=O) groups is 3. The quantitative estimate of drug-likeness (QED) is 0.296. The molecule has 0 saturated carbocycles. The van der Waals surface area contributed by atoms with E-state index in [0.717, 1.165) is 24.0 Å². The predicted molar refractivity (Wildman–Crippen MR) is 137 cm³/mol. The van der Waals surface area contributed by atoms with E-state index in [0.29, 0.717) is 35.1 Å². The molecule has 0 spiro atoms. The summed E-state index contributed by atoms with van der Waals surface area (Å²) in [5.41, 5.74) is 3.08. The van der Waals surface area contributed by atoms with Gasteiger partial charge in [0, 0.05) is 12.8 Å². The summed E-state index contributed by atoms with van der Waals surface area (Å²) < 4.78 is 17.4. The van der Waals surface area contributed by atoms with Gasteiger partial charge in [-0.25, -0.2) is 9.48 Å². The molecule has 1 aliphatic rings. The predicted octanol–water partition coefficient (Wildman–Crippen LogP) is 4.18. The number of carbonyl (C=O) groups excluding carboxylic acids is 3. The molecule has 0 fully saturated rings. The lowest BCUT2D eigenvalue weighted by Gasteiger charge is -2.11. The van der Waals surface area contributed by atoms with Gasteiger partial charge in [-0.15, -0.1) is 0 Å². The highest BCUT2D eigenvalue weighted by Crippen LogP contribution is 2.39. The van der Waals surface area contributed by atoms with E-state index in [2.05, 4.69) is 15.7 Å². The zero-order valence-corrected chi connectivity index (χ0v) is 21.1. The Labute approximate surface area is 214 Å². The zero-order valence-electron chi connectivity index (χ0n) is 21.1. The molecule has 0 radical (unpaired) electrons. The lowest BCUT2D eigenvalue weighted by Crippen LogP contribution is -2.24. The summed E-state index contributed by atoms with van der Waals surface area (Å²) in [6, 6.07) is 13.0. The second-order valence-electron chi connectivity index (χ2n) is 8.60. The average molecular weight is 507 g/mol. The molecule has 0 aliphatic carbocycles. The van der Waals surface area contributed by atoms with Gasteiger partial charge in [-0.1, -0.05) is 25.5 Å². The van der Waals surface area contributed by atoms with E-state index in [1.807, 2.05) is 31.2 Å². The van der Waals surface area contributed by atoms with E-state index in [1.54, 1.807) is 43.2 Å². The second-order valence-corrected chi connectivity index (χ2v) is 8.60. The van der Waals surface area contributed by atoms with Crippen LogP contribution in [0, 0.1) is 0 Å². The van der Waals surface area contributed by atoms with Gasteiger partial charge in [-0.3, -0.25) is 9.59 Å². The van der Waals surface area contributed by atoms with Crippen molar-refractivity contribution >= 4 is 29.3 Å². The summed E-state index contributed by atoms with van der Waals surface area (Å²) in [6.07, 6.45) is 1.62. The molecular weight excluding hydrogens is 476 g/mol. The Morgan fingerprint density at radius 3 is 2.62 bits per heavy atom. The lowest BCUT2D eigenvalue weighted by atomic mass is 10.1. The van der Waals surface area contributed by atoms with Crippen molar-refractivity contribution in [1.29, 1.82) is 0 Å². The summed E-state index contributed by atoms with van der Waals surface area (Å²) in [5, 5.41) is 10.3. The van der Waals surface area contributed by atoms with Gasteiger partial charge >= 0.3 is 5.97 Å². The molecular formula is C27H30N4O6. The summed E-state index contributed by atoms with van der Waals surface area (Å²) in [5.74, 6) is 0.0862. The first-order valence-electron chi connectivity index (χ1n) is 12.1. The van der Waals surface area contributed by atoms with Crippen LogP contribution in [0.4, 0.5) is 11.5 Å². The van der Waals surface area contributed by atoms with Crippen molar-refractivity contribution in [3.63, 3.8) is 0 Å². The van der Waals surface area contributed by atoms with Gasteiger partial charge in [0.25, 0.3) is 5.91 Å². The molecule has 194 valence electrons. The van der Waals surface area contributed by atoms with Crippen LogP contribution in [0.5, 0.6) is 5.75 Å². The molecule has 2 N–H and O–H groups in total. The number of fused-ring (bicyclic) bond motifs is 1. The zero-order chi connectivity index (χ0) is 26.4. The SMILES string of the molecule is CCCCOC(=O)c1ccc(NC(=O)CC2C(=O)Nc3c(-c4cccc(OC)c4)c(COC)nn32)cc1. The molecule has 0 saturated heterocycles. The Morgan fingerprint density at radius 1 is 1.14 bits per heavy atom. The molecule has 37 heavy (non-hydrogen) atoms. The fraction of sp³-hybridized carbons (Fsp3) is 0.333. The summed E-state index contributed by atoms with van der Waals surface area (Å²) in [6.45, 7) is 2.62. The summed E-state index contributed by atoms with van der Waals surface area (Å²) in [7, 11) is 3.15. The van der Waals surface area contributed by atoms with Gasteiger partial charge in [-0.2, -0.15) is 5.10 Å². The number of nitrogens with one attached hydrogen (secondary N) is 2. The summed E-state index contributed by atoms with van der Waals surface area (Å²) >= 11 is 0. The molecule has 2 aromatic carbocycles. The van der Waals surface area contributed by atoms with Crippen molar-refractivity contribution in [2.24, 2.45) is 0 Å². The van der Waals surface area contributed by atoms with Crippen LogP contribution in [-0.4, -0.2) is 48.4 Å². The van der Waals surface area contributed by atoms with Crippen LogP contribution in [0.3, 0.4) is 0 Å². The standard InChI is InChI=1S/C27H30N4O6/c1-4-5-13-37-27(34)17-9-11-19(12-10-17)28-23(32)15-22-26(33)29-25-24(21(16-35-2)30-31(22)25)18-7-6-8-20(14-18)36-3/h6-12,14,22H,4-5,13,15-16H2,1-3H3,(H,28,32)(H,29,33). The highest BCUT2D eigenvalue weighted by molar-refractivity contribution is 6.04. The number of esters is 1. The minimum absolute atomic E-state index is 0.120. The first-order chi connectivity index (χ1) is 17.9. The van der Waals surface area contributed by atoms with Crippen LogP contribution in [0.1, 0.15) is 48.3 Å². The minimum Gasteiger partial charge on any atom is -0.497 e. The van der Waals surface area contributed by atoms with E-state index >= 15 is 0 Å². The third kappa shape index (κ3) is 5.80. The molecule has 10 heteroatoms. The van der Waals surface area contributed by atoms with Crippen molar-refractivity contribution in [3.05, 3.63) is 59.8 Å². The number of methoxy groups -OCH3 is 2. The van der Waals surface area contributed by atoms with E-state index in [1.165, 1.54) is 0 Å². The molecule has 1 aliphatic heterocycles. The third-order valence-corrected chi connectivity index (χ3v) is 5.98. The van der Waals surface area contributed by atoms with Gasteiger partial charge in [0.15, 0.2) is 0 Å². The van der Waals surface area contributed by atoms with Crippen LogP contribution in [-0.2, 0) is 25.7 Å². The Hall–Kier alpha value is -4.18. The van der Waals surface area contributed by atoms with E-state index in [9.17, 15) is 14.4 Å². The average Bonchev–Trinajstić information content (AvgIpc) is 3.39. The number of rotatable bonds is 11. The fourth-order valence-electron chi connectivity index (χ4n) is 4.11. The number of benzene rings is 2. The van der Waals surface area contributed by atoms with Crippen LogP contribution < -0.4 is 15.4 Å². The van der Waals surface area contributed by atoms with E-state index < -0.39 is 12.0 Å². The van der Waals surface area contributed by atoms with Gasteiger partial charge in [0.1, 0.15) is 17.6 Å². The molecule has 3 aromatic rings. The normalized spacial score (nSPS) is 14.1. The highest BCUT2D eigenvalue weighted by atomic mass is 16.5. The molecule has 2 heterocycles. The van der Waals surface area contributed by atoms with Crippen LogP contribution in [0.15, 0.2) is 48.5 Å². The molecule has 2 amide bonds. The van der Waals surface area contributed by atoms with Crippen LogP contribution in [0.25, 0.3) is 11.1 Å². The number of unbranched alkanes of at least 4 members (excludes halogenated alkanes) is 1. The number of ether oxygens (including phenoxy) is 3. The van der Waals surface area contributed by atoms with Crippen molar-refractivity contribution in [1.82, 2.24) is 9.78 Å². The van der Waals surface area contributed by atoms with Crippen molar-refractivity contribution in [3.8, 4) is 16.9 Å². The Kier molecular flexibility index (Phi) is 8.19. The van der Waals surface area contributed by atoms with Crippen LogP contribution in [0.2, 0.25) is 0 Å². The molecule has 0 bridgehead atoms. The molecule has 1 atom stereocenters. The fourth-order valence-corrected chi connectivity index (χ4v) is 4.11. The molecule has 1 unspecified atom stereocenters. The van der Waals surface area contributed by atoms with Crippen molar-refractivity contribution in [2.45, 2.75) is 38.8 Å². The molecule has 1 aromatic heterocycles. The van der Waals surface area contributed by atoms with Gasteiger partial charge in [0.2, 0.25) is 5.91 Å². The van der Waals surface area contributed by atoms with E-state index in [-0.39, 0.29) is 24.8 Å². The number of nitrogens with zero attached hydrogens (tertiary/aromatic N) is 2. The minimum atomic E-state index is -0.821. The highest BCUT2D eigenvalue weighted by Gasteiger charge is 2.37. The lowest BCUT2D eigenvalue weighted by molar-refractivity contribution is -0.123. The topological polar surface area (TPSA) is 121 Å². The monoisotopic (exact) mass is 506 g/mol. The van der Waals surface area contributed by atoms with Gasteiger partial charge in [0.05, 0.1) is 43.6 Å². The number of aromatic nitrogens is 2. The van der Waals surface area contributed by atoms with Crippen molar-refractivity contribution in [2.75, 3.05) is 31.5 Å². The summed E-state index contributed by atoms with van der Waals surface area (Å²) in [4.78, 5) is 37.7. The van der Waals surface area contributed by atoms with Crippen LogP contribution >= 0.6 is 0 Å². The largest absolute Gasteiger partial charge is 0.497 e. The van der Waals surface area contributed by atoms with Crippen molar-refractivity contribution < 1.29 is 28.6 Å². The Morgan fingerprint density at radius 2 is 1.92 bits per heavy atom. The van der Waals surface area contributed by atoms with Gasteiger partial charge < -0.3 is 24.8 Å². The Bertz CT molecular complexity index is 1280. The second kappa shape index (κ2) is 11.7. The number of hydrogen-bond donors (Lipinski definition) is 2. The maximum atomic E-state index is 12.8. The third-order valence-electron chi connectivity index (χ3n) is 5.98.